The Morgan fingerprint density at radius 3 is 2.91 bits per heavy atom. The Bertz CT molecular complexity index is 625. The van der Waals surface area contributed by atoms with Crippen LogP contribution in [0.4, 0.5) is 0 Å². The topological polar surface area (TPSA) is 60.5 Å². The molecular weight excluding hydrogens is 280 g/mol. The van der Waals surface area contributed by atoms with Crippen molar-refractivity contribution < 1.29 is 14.3 Å². The van der Waals surface area contributed by atoms with Gasteiger partial charge >= 0.3 is 0 Å². The lowest BCUT2D eigenvalue weighted by Crippen LogP contribution is -2.32. The summed E-state index contributed by atoms with van der Waals surface area (Å²) in [5, 5.41) is 2.88. The van der Waals surface area contributed by atoms with Crippen LogP contribution in [0.25, 0.3) is 0 Å². The number of aromatic nitrogens is 1. The first-order valence-electron chi connectivity index (χ1n) is 7.40. The van der Waals surface area contributed by atoms with Crippen LogP contribution in [0.1, 0.15) is 23.2 Å². The van der Waals surface area contributed by atoms with Crippen molar-refractivity contribution in [3.05, 3.63) is 54.2 Å². The van der Waals surface area contributed by atoms with Gasteiger partial charge in [-0.3, -0.25) is 4.79 Å². The maximum Gasteiger partial charge on any atom is 0.256 e. The number of hydrogen-bond acceptors (Lipinski definition) is 4. The molecule has 0 saturated carbocycles. The van der Waals surface area contributed by atoms with Crippen LogP contribution >= 0.6 is 0 Å². The molecule has 5 nitrogen and oxygen atoms in total. The molecule has 0 aliphatic carbocycles. The minimum Gasteiger partial charge on any atom is -0.438 e. The highest BCUT2D eigenvalue weighted by Crippen LogP contribution is 2.22. The fourth-order valence-electron chi connectivity index (χ4n) is 2.35. The molecule has 0 spiro atoms. The first-order valence-corrected chi connectivity index (χ1v) is 7.40. The van der Waals surface area contributed by atoms with Gasteiger partial charge in [-0.15, -0.1) is 0 Å². The fourth-order valence-corrected chi connectivity index (χ4v) is 2.35. The van der Waals surface area contributed by atoms with Gasteiger partial charge in [0, 0.05) is 19.3 Å². The molecule has 5 heteroatoms. The molecule has 22 heavy (non-hydrogen) atoms. The molecule has 1 N–H and O–H groups in total. The van der Waals surface area contributed by atoms with Gasteiger partial charge in [-0.05, 0) is 37.1 Å². The van der Waals surface area contributed by atoms with E-state index in [9.17, 15) is 4.79 Å². The van der Waals surface area contributed by atoms with E-state index in [1.807, 2.05) is 30.3 Å². The lowest BCUT2D eigenvalue weighted by Gasteiger charge is -2.12. The molecule has 1 aliphatic heterocycles. The van der Waals surface area contributed by atoms with Crippen molar-refractivity contribution in [2.24, 2.45) is 0 Å². The van der Waals surface area contributed by atoms with Crippen LogP contribution in [0.15, 0.2) is 48.7 Å². The highest BCUT2D eigenvalue weighted by Gasteiger charge is 2.19. The number of hydrogen-bond donors (Lipinski definition) is 1. The zero-order valence-electron chi connectivity index (χ0n) is 12.2. The van der Waals surface area contributed by atoms with Gasteiger partial charge in [-0.2, -0.15) is 0 Å². The molecule has 0 radical (unpaired) electrons. The molecule has 0 bridgehead atoms. The number of carbonyl (C=O) groups is 1. The van der Waals surface area contributed by atoms with Gasteiger partial charge in [0.15, 0.2) is 0 Å². The van der Waals surface area contributed by atoms with E-state index in [2.05, 4.69) is 10.3 Å². The summed E-state index contributed by atoms with van der Waals surface area (Å²) >= 11 is 0. The van der Waals surface area contributed by atoms with Crippen molar-refractivity contribution in [3.63, 3.8) is 0 Å². The van der Waals surface area contributed by atoms with Crippen molar-refractivity contribution in [1.29, 1.82) is 0 Å². The third-order valence-electron chi connectivity index (χ3n) is 3.49. The highest BCUT2D eigenvalue weighted by molar-refractivity contribution is 5.96. The van der Waals surface area contributed by atoms with Crippen molar-refractivity contribution in [1.82, 2.24) is 10.3 Å². The number of rotatable bonds is 5. The molecule has 3 rings (SSSR count). The number of ether oxygens (including phenoxy) is 2. The molecule has 1 aliphatic rings. The number of nitrogens with zero attached hydrogens (tertiary/aromatic N) is 1. The average molecular weight is 298 g/mol. The maximum absolute atomic E-state index is 12.3. The van der Waals surface area contributed by atoms with Crippen LogP contribution in [-0.2, 0) is 4.74 Å². The summed E-state index contributed by atoms with van der Waals surface area (Å²) in [5.41, 5.74) is 0.421. The zero-order valence-corrected chi connectivity index (χ0v) is 12.2. The molecule has 0 unspecified atom stereocenters. The Morgan fingerprint density at radius 1 is 1.27 bits per heavy atom. The van der Waals surface area contributed by atoms with E-state index in [0.717, 1.165) is 19.4 Å². The molecule has 1 aromatic heterocycles. The van der Waals surface area contributed by atoms with Crippen LogP contribution in [0, 0.1) is 0 Å². The summed E-state index contributed by atoms with van der Waals surface area (Å²) in [6.07, 6.45) is 3.75. The Morgan fingerprint density at radius 2 is 2.14 bits per heavy atom. The quantitative estimate of drug-likeness (QED) is 0.922. The second-order valence-electron chi connectivity index (χ2n) is 5.12. The van der Waals surface area contributed by atoms with Crippen molar-refractivity contribution >= 4 is 5.91 Å². The Hall–Kier alpha value is -2.40. The van der Waals surface area contributed by atoms with Gasteiger partial charge in [0.25, 0.3) is 5.91 Å². The molecule has 1 atom stereocenters. The van der Waals surface area contributed by atoms with Crippen LogP contribution in [0.3, 0.4) is 0 Å². The fraction of sp³-hybridized carbons (Fsp3) is 0.294. The molecule has 2 heterocycles. The summed E-state index contributed by atoms with van der Waals surface area (Å²) in [4.78, 5) is 16.5. The number of carbonyl (C=O) groups excluding carboxylic acids is 1. The predicted molar refractivity (Wildman–Crippen MR) is 82.1 cm³/mol. The molecular formula is C17H18N2O3. The van der Waals surface area contributed by atoms with Crippen LogP contribution in [-0.4, -0.2) is 30.1 Å². The molecule has 1 amide bonds. The van der Waals surface area contributed by atoms with Gasteiger partial charge < -0.3 is 14.8 Å². The summed E-state index contributed by atoms with van der Waals surface area (Å²) in [6.45, 7) is 1.29. The summed E-state index contributed by atoms with van der Waals surface area (Å²) < 4.78 is 11.2. The predicted octanol–water partition coefficient (Wildman–Crippen LogP) is 2.78. The van der Waals surface area contributed by atoms with E-state index in [4.69, 9.17) is 9.47 Å². The normalized spacial score (nSPS) is 17.2. The molecule has 1 aromatic carbocycles. The van der Waals surface area contributed by atoms with E-state index in [1.165, 1.54) is 0 Å². The third kappa shape index (κ3) is 3.62. The molecule has 1 fully saturated rings. The van der Waals surface area contributed by atoms with Crippen LogP contribution in [0.5, 0.6) is 11.6 Å². The number of para-hydroxylation sites is 1. The third-order valence-corrected chi connectivity index (χ3v) is 3.49. The van der Waals surface area contributed by atoms with E-state index < -0.39 is 0 Å². The smallest absolute Gasteiger partial charge is 0.256 e. The van der Waals surface area contributed by atoms with Crippen LogP contribution in [0.2, 0.25) is 0 Å². The Balaban J connectivity index is 1.68. The lowest BCUT2D eigenvalue weighted by molar-refractivity contribution is 0.0855. The van der Waals surface area contributed by atoms with Crippen molar-refractivity contribution in [2.45, 2.75) is 18.9 Å². The maximum atomic E-state index is 12.3. The summed E-state index contributed by atoms with van der Waals surface area (Å²) in [7, 11) is 0. The molecule has 114 valence electrons. The summed E-state index contributed by atoms with van der Waals surface area (Å²) in [5.74, 6) is 0.752. The Kier molecular flexibility index (Phi) is 4.65. The molecule has 2 aromatic rings. The first kappa shape index (κ1) is 14.5. The minimum absolute atomic E-state index is 0.110. The second-order valence-corrected chi connectivity index (χ2v) is 5.12. The van der Waals surface area contributed by atoms with E-state index in [1.54, 1.807) is 18.3 Å². The van der Waals surface area contributed by atoms with Crippen molar-refractivity contribution in [3.8, 4) is 11.6 Å². The first-order chi connectivity index (χ1) is 10.8. The van der Waals surface area contributed by atoms with E-state index >= 15 is 0 Å². The van der Waals surface area contributed by atoms with Gasteiger partial charge in [-0.1, -0.05) is 18.2 Å². The van der Waals surface area contributed by atoms with Gasteiger partial charge in [0.05, 0.1) is 6.10 Å². The highest BCUT2D eigenvalue weighted by atomic mass is 16.5. The standard InChI is InChI=1S/C17H18N2O3/c20-16(19-12-14-8-5-11-21-14)15-9-4-10-18-17(15)22-13-6-2-1-3-7-13/h1-4,6-7,9-10,14H,5,8,11-12H2,(H,19,20)/t14-/m1/s1. The minimum atomic E-state index is -0.200. The average Bonchev–Trinajstić information content (AvgIpc) is 3.08. The Labute approximate surface area is 129 Å². The molecule has 1 saturated heterocycles. The number of amides is 1. The van der Waals surface area contributed by atoms with Gasteiger partial charge in [0.1, 0.15) is 11.3 Å². The van der Waals surface area contributed by atoms with E-state index in [0.29, 0.717) is 23.7 Å². The lowest BCUT2D eigenvalue weighted by atomic mass is 10.2. The summed E-state index contributed by atoms with van der Waals surface area (Å²) in [6, 6.07) is 12.7. The largest absolute Gasteiger partial charge is 0.438 e. The van der Waals surface area contributed by atoms with Crippen molar-refractivity contribution in [2.75, 3.05) is 13.2 Å². The number of nitrogens with one attached hydrogen (secondary N) is 1. The van der Waals surface area contributed by atoms with Gasteiger partial charge in [-0.25, -0.2) is 4.98 Å². The number of pyridine rings is 1. The monoisotopic (exact) mass is 298 g/mol. The van der Waals surface area contributed by atoms with Crippen LogP contribution < -0.4 is 10.1 Å². The van der Waals surface area contributed by atoms with E-state index in [-0.39, 0.29) is 12.0 Å². The van der Waals surface area contributed by atoms with Gasteiger partial charge in [0.2, 0.25) is 5.88 Å². The SMILES string of the molecule is O=C(NC[C@H]1CCCO1)c1cccnc1Oc1ccccc1. The zero-order chi connectivity index (χ0) is 15.2. The second kappa shape index (κ2) is 7.04. The number of benzene rings is 1.